The highest BCUT2D eigenvalue weighted by Gasteiger charge is 2.28. The van der Waals surface area contributed by atoms with E-state index in [0.717, 1.165) is 41.5 Å². The van der Waals surface area contributed by atoms with Crippen molar-refractivity contribution in [3.8, 4) is 22.6 Å². The number of rotatable bonds is 3. The van der Waals surface area contributed by atoms with Gasteiger partial charge in [-0.05, 0) is 25.0 Å². The molecule has 0 radical (unpaired) electrons. The molecule has 3 aromatic rings. The number of aromatic nitrogens is 3. The molecule has 0 aliphatic carbocycles. The second kappa shape index (κ2) is 6.80. The molecule has 1 unspecified atom stereocenters. The highest BCUT2D eigenvalue weighted by Crippen LogP contribution is 2.45. The SMILES string of the molecule is C=CC(=O)N1CCCC(n2cc(-c3cccc4c3OCO4)c3c(N)ncnc32)C1. The predicted molar refractivity (Wildman–Crippen MR) is 109 cm³/mol. The molecule has 1 aromatic carbocycles. The van der Waals surface area contributed by atoms with E-state index in [-0.39, 0.29) is 18.7 Å². The summed E-state index contributed by atoms with van der Waals surface area (Å²) in [6, 6.07) is 5.88. The van der Waals surface area contributed by atoms with E-state index in [0.29, 0.717) is 23.9 Å². The van der Waals surface area contributed by atoms with Gasteiger partial charge in [0.1, 0.15) is 17.8 Å². The second-order valence-corrected chi connectivity index (χ2v) is 7.23. The van der Waals surface area contributed by atoms with Gasteiger partial charge in [0.25, 0.3) is 0 Å². The zero-order chi connectivity index (χ0) is 20.0. The van der Waals surface area contributed by atoms with Crippen LogP contribution in [-0.2, 0) is 4.79 Å². The lowest BCUT2D eigenvalue weighted by molar-refractivity contribution is -0.127. The first-order valence-electron chi connectivity index (χ1n) is 9.58. The zero-order valence-corrected chi connectivity index (χ0v) is 15.9. The molecule has 5 rings (SSSR count). The Hall–Kier alpha value is -3.55. The number of anilines is 1. The van der Waals surface area contributed by atoms with Crippen molar-refractivity contribution in [1.29, 1.82) is 0 Å². The molecule has 1 atom stereocenters. The lowest BCUT2D eigenvalue weighted by Crippen LogP contribution is -2.39. The van der Waals surface area contributed by atoms with Crippen molar-refractivity contribution in [1.82, 2.24) is 19.4 Å². The van der Waals surface area contributed by atoms with E-state index in [2.05, 4.69) is 21.1 Å². The third-order valence-electron chi connectivity index (χ3n) is 5.60. The summed E-state index contributed by atoms with van der Waals surface area (Å²) in [5.41, 5.74) is 8.80. The smallest absolute Gasteiger partial charge is 0.246 e. The fraction of sp³-hybridized carbons (Fsp3) is 0.286. The van der Waals surface area contributed by atoms with Gasteiger partial charge in [-0.15, -0.1) is 0 Å². The molecule has 4 heterocycles. The normalized spacial score (nSPS) is 18.2. The zero-order valence-electron chi connectivity index (χ0n) is 15.9. The Kier molecular flexibility index (Phi) is 4.12. The Labute approximate surface area is 167 Å². The van der Waals surface area contributed by atoms with Gasteiger partial charge in [-0.25, -0.2) is 9.97 Å². The summed E-state index contributed by atoms with van der Waals surface area (Å²) in [7, 11) is 0. The average Bonchev–Trinajstić information content (AvgIpc) is 3.38. The number of benzene rings is 1. The van der Waals surface area contributed by atoms with Gasteiger partial charge >= 0.3 is 0 Å². The minimum Gasteiger partial charge on any atom is -0.454 e. The number of amides is 1. The van der Waals surface area contributed by atoms with Gasteiger partial charge in [-0.1, -0.05) is 18.7 Å². The summed E-state index contributed by atoms with van der Waals surface area (Å²) in [5, 5.41) is 0.781. The van der Waals surface area contributed by atoms with Crippen LogP contribution in [0.5, 0.6) is 11.5 Å². The molecular weight excluding hydrogens is 370 g/mol. The van der Waals surface area contributed by atoms with Crippen molar-refractivity contribution in [2.45, 2.75) is 18.9 Å². The summed E-state index contributed by atoms with van der Waals surface area (Å²) in [5.74, 6) is 1.77. The molecule has 2 N–H and O–H groups in total. The Balaban J connectivity index is 1.65. The highest BCUT2D eigenvalue weighted by molar-refractivity contribution is 6.02. The standard InChI is InChI=1S/C21H21N5O3/c1-2-17(27)25-8-4-5-13(9-25)26-10-15(18-20(22)23-11-24-21(18)26)14-6-3-7-16-19(14)29-12-28-16/h2-3,6-7,10-11,13H,1,4-5,8-9,12H2,(H2,22,23,24). The molecule has 1 amide bonds. The number of para-hydroxylation sites is 1. The van der Waals surface area contributed by atoms with Crippen molar-refractivity contribution in [2.75, 3.05) is 25.6 Å². The molecule has 0 spiro atoms. The first-order chi connectivity index (χ1) is 14.2. The van der Waals surface area contributed by atoms with E-state index in [4.69, 9.17) is 15.2 Å². The fourth-order valence-corrected chi connectivity index (χ4v) is 4.24. The largest absolute Gasteiger partial charge is 0.454 e. The van der Waals surface area contributed by atoms with Crippen LogP contribution in [0.3, 0.4) is 0 Å². The fourth-order valence-electron chi connectivity index (χ4n) is 4.24. The maximum Gasteiger partial charge on any atom is 0.246 e. The third-order valence-corrected chi connectivity index (χ3v) is 5.60. The lowest BCUT2D eigenvalue weighted by atomic mass is 10.0. The lowest BCUT2D eigenvalue weighted by Gasteiger charge is -2.33. The van der Waals surface area contributed by atoms with Crippen molar-refractivity contribution in [2.24, 2.45) is 0 Å². The summed E-state index contributed by atoms with van der Waals surface area (Å²) < 4.78 is 13.4. The first kappa shape index (κ1) is 17.5. The van der Waals surface area contributed by atoms with Crippen LogP contribution in [0.1, 0.15) is 18.9 Å². The number of piperidine rings is 1. The van der Waals surface area contributed by atoms with E-state index in [9.17, 15) is 4.79 Å². The summed E-state index contributed by atoms with van der Waals surface area (Å²) in [6.45, 7) is 5.14. The number of nitrogens with two attached hydrogens (primary N) is 1. The Morgan fingerprint density at radius 1 is 1.28 bits per heavy atom. The number of fused-ring (bicyclic) bond motifs is 2. The summed E-state index contributed by atoms with van der Waals surface area (Å²) in [6.07, 6.45) is 6.74. The molecule has 8 heteroatoms. The summed E-state index contributed by atoms with van der Waals surface area (Å²) in [4.78, 5) is 22.7. The van der Waals surface area contributed by atoms with Crippen LogP contribution < -0.4 is 15.2 Å². The van der Waals surface area contributed by atoms with Crippen molar-refractivity contribution in [3.05, 3.63) is 43.4 Å². The summed E-state index contributed by atoms with van der Waals surface area (Å²) >= 11 is 0. The predicted octanol–water partition coefficient (Wildman–Crippen LogP) is 2.76. The Bertz CT molecular complexity index is 1120. The van der Waals surface area contributed by atoms with Gasteiger partial charge in [-0.2, -0.15) is 0 Å². The van der Waals surface area contributed by atoms with Crippen LogP contribution in [0.2, 0.25) is 0 Å². The molecule has 8 nitrogen and oxygen atoms in total. The van der Waals surface area contributed by atoms with Crippen LogP contribution in [0.4, 0.5) is 5.82 Å². The van der Waals surface area contributed by atoms with Gasteiger partial charge in [0.05, 0.1) is 11.4 Å². The van der Waals surface area contributed by atoms with Gasteiger partial charge in [0.15, 0.2) is 11.5 Å². The van der Waals surface area contributed by atoms with Crippen molar-refractivity contribution < 1.29 is 14.3 Å². The third kappa shape index (κ3) is 2.79. The number of ether oxygens (including phenoxy) is 2. The Morgan fingerprint density at radius 3 is 3.03 bits per heavy atom. The van der Waals surface area contributed by atoms with Crippen LogP contribution in [-0.4, -0.2) is 45.2 Å². The molecule has 2 aliphatic rings. The maximum atomic E-state index is 12.1. The number of likely N-dealkylation sites (tertiary alicyclic amines) is 1. The number of hydrogen-bond acceptors (Lipinski definition) is 6. The van der Waals surface area contributed by atoms with Gasteiger partial charge < -0.3 is 24.7 Å². The van der Waals surface area contributed by atoms with Crippen molar-refractivity contribution in [3.63, 3.8) is 0 Å². The van der Waals surface area contributed by atoms with E-state index >= 15 is 0 Å². The minimum atomic E-state index is -0.0491. The van der Waals surface area contributed by atoms with Crippen LogP contribution in [0, 0.1) is 0 Å². The number of nitrogens with zero attached hydrogens (tertiary/aromatic N) is 4. The highest BCUT2D eigenvalue weighted by atomic mass is 16.7. The van der Waals surface area contributed by atoms with Crippen LogP contribution in [0.15, 0.2) is 43.4 Å². The van der Waals surface area contributed by atoms with Crippen LogP contribution >= 0.6 is 0 Å². The quantitative estimate of drug-likeness (QED) is 0.690. The van der Waals surface area contributed by atoms with E-state index < -0.39 is 0 Å². The van der Waals surface area contributed by atoms with Gasteiger partial charge in [0, 0.05) is 30.4 Å². The number of nitrogen functional groups attached to an aromatic ring is 1. The molecule has 1 fully saturated rings. The van der Waals surface area contributed by atoms with E-state index in [1.54, 1.807) is 0 Å². The molecule has 29 heavy (non-hydrogen) atoms. The minimum absolute atomic E-state index is 0.0491. The van der Waals surface area contributed by atoms with E-state index in [1.165, 1.54) is 12.4 Å². The molecule has 0 saturated carbocycles. The molecular formula is C21H21N5O3. The molecule has 2 aromatic heterocycles. The number of hydrogen-bond donors (Lipinski definition) is 1. The molecule has 148 valence electrons. The van der Waals surface area contributed by atoms with Gasteiger partial charge in [-0.3, -0.25) is 4.79 Å². The van der Waals surface area contributed by atoms with Gasteiger partial charge in [0.2, 0.25) is 12.7 Å². The topological polar surface area (TPSA) is 95.5 Å². The first-order valence-corrected chi connectivity index (χ1v) is 9.58. The second-order valence-electron chi connectivity index (χ2n) is 7.23. The molecule has 1 saturated heterocycles. The monoisotopic (exact) mass is 391 g/mol. The molecule has 2 aliphatic heterocycles. The maximum absolute atomic E-state index is 12.1. The average molecular weight is 391 g/mol. The Morgan fingerprint density at radius 2 is 2.17 bits per heavy atom. The molecule has 0 bridgehead atoms. The van der Waals surface area contributed by atoms with E-state index in [1.807, 2.05) is 29.3 Å². The van der Waals surface area contributed by atoms with Crippen molar-refractivity contribution >= 4 is 22.8 Å². The number of carbonyl (C=O) groups is 1. The van der Waals surface area contributed by atoms with Crippen LogP contribution in [0.25, 0.3) is 22.2 Å². The number of carbonyl (C=O) groups excluding carboxylic acids is 1.